The third-order valence-corrected chi connectivity index (χ3v) is 3.90. The van der Waals surface area contributed by atoms with Gasteiger partial charge in [-0.1, -0.05) is 32.9 Å². The number of hydrogen-bond acceptors (Lipinski definition) is 5. The van der Waals surface area contributed by atoms with Crippen molar-refractivity contribution in [3.8, 4) is 0 Å². The summed E-state index contributed by atoms with van der Waals surface area (Å²) in [6.07, 6.45) is 4.74. The van der Waals surface area contributed by atoms with E-state index in [2.05, 4.69) is 5.32 Å². The minimum absolute atomic E-state index is 0.00558. The lowest BCUT2D eigenvalue weighted by atomic mass is 10.00. The van der Waals surface area contributed by atoms with Crippen molar-refractivity contribution in [2.24, 2.45) is 11.8 Å². The normalized spacial score (nSPS) is 16.1. The van der Waals surface area contributed by atoms with Gasteiger partial charge in [0, 0.05) is 37.0 Å². The van der Waals surface area contributed by atoms with Crippen molar-refractivity contribution in [3.63, 3.8) is 0 Å². The molecule has 0 aromatic rings. The smallest absolute Gasteiger partial charge is 0.410 e. The molecule has 0 bridgehead atoms. The van der Waals surface area contributed by atoms with Crippen LogP contribution in [0.5, 0.6) is 0 Å². The highest BCUT2D eigenvalue weighted by Gasteiger charge is 2.29. The van der Waals surface area contributed by atoms with Gasteiger partial charge in [-0.05, 0) is 26.8 Å². The Morgan fingerprint density at radius 1 is 1.27 bits per heavy atom. The number of nitrogens with zero attached hydrogens (tertiary/aromatic N) is 1. The maximum absolute atomic E-state index is 12.5. The van der Waals surface area contributed by atoms with E-state index in [0.29, 0.717) is 31.8 Å². The van der Waals surface area contributed by atoms with E-state index in [1.165, 1.54) is 4.90 Å². The van der Waals surface area contributed by atoms with E-state index >= 15 is 0 Å². The summed E-state index contributed by atoms with van der Waals surface area (Å²) in [7, 11) is 0. The Balaban J connectivity index is 2.38. The quantitative estimate of drug-likeness (QED) is 0.529. The number of ketones is 2. The molecule has 0 saturated heterocycles. The second-order valence-electron chi connectivity index (χ2n) is 7.97. The summed E-state index contributed by atoms with van der Waals surface area (Å²) in [5, 5.41) is 3.16. The number of rotatable bonds is 8. The molecule has 1 rings (SSSR count). The van der Waals surface area contributed by atoms with Crippen LogP contribution in [0.15, 0.2) is 23.8 Å². The molecule has 1 N–H and O–H groups in total. The van der Waals surface area contributed by atoms with E-state index in [1.54, 1.807) is 18.2 Å². The molecule has 6 heteroatoms. The molecular formula is C20H32N2O4. The number of hydrogen-bond donors (Lipinski definition) is 1. The van der Waals surface area contributed by atoms with Gasteiger partial charge in [0.2, 0.25) is 0 Å². The summed E-state index contributed by atoms with van der Waals surface area (Å²) < 4.78 is 5.33. The average Bonchev–Trinajstić information content (AvgIpc) is 3.01. The van der Waals surface area contributed by atoms with E-state index < -0.39 is 11.7 Å². The summed E-state index contributed by atoms with van der Waals surface area (Å²) >= 11 is 0. The van der Waals surface area contributed by atoms with Gasteiger partial charge < -0.3 is 15.0 Å². The fraction of sp³-hybridized carbons (Fsp3) is 0.650. The first-order chi connectivity index (χ1) is 12.0. The second-order valence-corrected chi connectivity index (χ2v) is 7.97. The lowest BCUT2D eigenvalue weighted by molar-refractivity contribution is -0.119. The molecule has 6 nitrogen and oxygen atoms in total. The van der Waals surface area contributed by atoms with Crippen molar-refractivity contribution in [1.82, 2.24) is 10.2 Å². The SMILES string of the molecule is CC(C)C(=O)/C=C/CNCC(C)C(=O)C1=CCN(C(=O)OC(C)(C)C)C1. The standard InChI is InChI=1S/C20H32N2O4/c1-14(2)17(23)8-7-10-21-12-15(3)18(24)16-9-11-22(13-16)19(25)26-20(4,5)6/h7-9,14-15,21H,10-13H2,1-6H3/b8-7+. The Labute approximate surface area is 156 Å². The largest absolute Gasteiger partial charge is 0.444 e. The molecule has 0 fully saturated rings. The predicted octanol–water partition coefficient (Wildman–Crippen LogP) is 2.74. The Hall–Kier alpha value is -1.95. The zero-order chi connectivity index (χ0) is 19.9. The summed E-state index contributed by atoms with van der Waals surface area (Å²) in [5.74, 6) is -0.0805. The molecule has 1 aliphatic rings. The summed E-state index contributed by atoms with van der Waals surface area (Å²) in [6, 6.07) is 0. The molecule has 0 radical (unpaired) electrons. The highest BCUT2D eigenvalue weighted by atomic mass is 16.6. The minimum Gasteiger partial charge on any atom is -0.444 e. The molecule has 0 aromatic heterocycles. The highest BCUT2D eigenvalue weighted by Crippen LogP contribution is 2.17. The number of nitrogens with one attached hydrogen (secondary N) is 1. The summed E-state index contributed by atoms with van der Waals surface area (Å²) in [6.45, 7) is 12.8. The molecule has 0 spiro atoms. The molecule has 1 heterocycles. The van der Waals surface area contributed by atoms with Crippen LogP contribution in [0.25, 0.3) is 0 Å². The first kappa shape index (κ1) is 22.1. The molecular weight excluding hydrogens is 332 g/mol. The van der Waals surface area contributed by atoms with Gasteiger partial charge in [0.25, 0.3) is 0 Å². The van der Waals surface area contributed by atoms with E-state index in [0.717, 1.165) is 0 Å². The zero-order valence-electron chi connectivity index (χ0n) is 16.8. The van der Waals surface area contributed by atoms with Gasteiger partial charge in [0.05, 0.1) is 6.54 Å². The van der Waals surface area contributed by atoms with Gasteiger partial charge in [-0.25, -0.2) is 4.79 Å². The fourth-order valence-corrected chi connectivity index (χ4v) is 2.36. The average molecular weight is 364 g/mol. The Bertz CT molecular complexity index is 585. The lowest BCUT2D eigenvalue weighted by Gasteiger charge is -2.24. The van der Waals surface area contributed by atoms with Crippen molar-refractivity contribution in [1.29, 1.82) is 0 Å². The third kappa shape index (κ3) is 7.52. The van der Waals surface area contributed by atoms with E-state index in [-0.39, 0.29) is 23.4 Å². The van der Waals surface area contributed by atoms with E-state index in [9.17, 15) is 14.4 Å². The second kappa shape index (κ2) is 9.67. The summed E-state index contributed by atoms with van der Waals surface area (Å²) in [5.41, 5.74) is 0.0987. The first-order valence-corrected chi connectivity index (χ1v) is 9.13. The van der Waals surface area contributed by atoms with Gasteiger partial charge in [0.1, 0.15) is 5.60 Å². The third-order valence-electron chi connectivity index (χ3n) is 3.90. The van der Waals surface area contributed by atoms with Gasteiger partial charge in [-0.15, -0.1) is 0 Å². The van der Waals surface area contributed by atoms with Crippen molar-refractivity contribution in [2.45, 2.75) is 47.1 Å². The Kier molecular flexibility index (Phi) is 8.21. The van der Waals surface area contributed by atoms with Crippen LogP contribution >= 0.6 is 0 Å². The molecule has 1 amide bonds. The summed E-state index contributed by atoms with van der Waals surface area (Å²) in [4.78, 5) is 37.6. The lowest BCUT2D eigenvalue weighted by Crippen LogP contribution is -2.36. The number of carbonyl (C=O) groups excluding carboxylic acids is 3. The van der Waals surface area contributed by atoms with Crippen molar-refractivity contribution >= 4 is 17.7 Å². The topological polar surface area (TPSA) is 75.7 Å². The fourth-order valence-electron chi connectivity index (χ4n) is 2.36. The monoisotopic (exact) mass is 364 g/mol. The van der Waals surface area contributed by atoms with Gasteiger partial charge in [-0.3, -0.25) is 9.59 Å². The highest BCUT2D eigenvalue weighted by molar-refractivity contribution is 5.98. The van der Waals surface area contributed by atoms with Crippen LogP contribution in [-0.2, 0) is 14.3 Å². The van der Waals surface area contributed by atoms with E-state index in [4.69, 9.17) is 4.74 Å². The van der Waals surface area contributed by atoms with Crippen LogP contribution in [0.3, 0.4) is 0 Å². The molecule has 0 aromatic carbocycles. The zero-order valence-corrected chi connectivity index (χ0v) is 16.8. The molecule has 0 aliphatic carbocycles. The molecule has 1 atom stereocenters. The Morgan fingerprint density at radius 3 is 2.50 bits per heavy atom. The van der Waals surface area contributed by atoms with Crippen LogP contribution < -0.4 is 5.32 Å². The molecule has 1 unspecified atom stereocenters. The molecule has 1 aliphatic heterocycles. The molecule has 146 valence electrons. The van der Waals surface area contributed by atoms with Gasteiger partial charge >= 0.3 is 6.09 Å². The number of amides is 1. The number of Topliss-reactive ketones (excluding diaryl/α,β-unsaturated/α-hetero) is 1. The van der Waals surface area contributed by atoms with E-state index in [1.807, 2.05) is 41.5 Å². The van der Waals surface area contributed by atoms with Crippen molar-refractivity contribution in [3.05, 3.63) is 23.8 Å². The van der Waals surface area contributed by atoms with Crippen LogP contribution in [0.4, 0.5) is 4.79 Å². The Morgan fingerprint density at radius 2 is 1.92 bits per heavy atom. The first-order valence-electron chi connectivity index (χ1n) is 9.13. The predicted molar refractivity (Wildman–Crippen MR) is 102 cm³/mol. The maximum atomic E-state index is 12.5. The van der Waals surface area contributed by atoms with Crippen LogP contribution in [-0.4, -0.2) is 54.3 Å². The van der Waals surface area contributed by atoms with Crippen molar-refractivity contribution < 1.29 is 19.1 Å². The number of carbonyl (C=O) groups is 3. The van der Waals surface area contributed by atoms with Gasteiger partial charge in [-0.2, -0.15) is 0 Å². The van der Waals surface area contributed by atoms with Crippen LogP contribution in [0.1, 0.15) is 41.5 Å². The molecule has 0 saturated carbocycles. The molecule has 26 heavy (non-hydrogen) atoms. The minimum atomic E-state index is -0.550. The number of allylic oxidation sites excluding steroid dienone is 1. The van der Waals surface area contributed by atoms with Gasteiger partial charge in [0.15, 0.2) is 11.6 Å². The van der Waals surface area contributed by atoms with Crippen molar-refractivity contribution in [2.75, 3.05) is 26.2 Å². The van der Waals surface area contributed by atoms with Crippen LogP contribution in [0, 0.1) is 11.8 Å². The van der Waals surface area contributed by atoms with Crippen LogP contribution in [0.2, 0.25) is 0 Å². The number of ether oxygens (including phenoxy) is 1. The maximum Gasteiger partial charge on any atom is 0.410 e.